The molecule has 0 atom stereocenters. The number of furan rings is 1. The molecule has 2 heterocycles. The number of para-hydroxylation sites is 1. The van der Waals surface area contributed by atoms with E-state index in [0.717, 1.165) is 41.1 Å². The smallest absolute Gasteiger partial charge is 0.256 e. The van der Waals surface area contributed by atoms with Gasteiger partial charge in [0.05, 0.1) is 11.1 Å². The lowest BCUT2D eigenvalue weighted by Gasteiger charge is -2.21. The van der Waals surface area contributed by atoms with Crippen molar-refractivity contribution >= 4 is 28.2 Å². The Hall–Kier alpha value is -3.60. The maximum absolute atomic E-state index is 13.2. The zero-order valence-corrected chi connectivity index (χ0v) is 17.5. The quantitative estimate of drug-likeness (QED) is 0.438. The molecule has 0 unspecified atom stereocenters. The molecule has 2 aromatic carbocycles. The number of anilines is 2. The number of aryl methyl sites for hydroxylation is 1. The molecular formula is C25H25N3O2. The highest BCUT2D eigenvalue weighted by Crippen LogP contribution is 2.27. The standard InChI is InChI=1S/C25H25N3O2/c1-4-28(5-2)19-13-11-18(12-14-19)26-25(29)21-16-23(24-15-10-17(3)30-24)27-22-9-7-6-8-20(21)22/h6-16H,4-5H2,1-3H3,(H,26,29). The minimum Gasteiger partial charge on any atom is -0.460 e. The summed E-state index contributed by atoms with van der Waals surface area (Å²) in [6.07, 6.45) is 0. The molecule has 0 spiro atoms. The third-order valence-electron chi connectivity index (χ3n) is 5.21. The number of carbonyl (C=O) groups is 1. The molecule has 5 heteroatoms. The van der Waals surface area contributed by atoms with Crippen LogP contribution in [0.2, 0.25) is 0 Å². The van der Waals surface area contributed by atoms with E-state index in [1.807, 2.05) is 67.6 Å². The molecule has 0 radical (unpaired) electrons. The number of nitrogens with one attached hydrogen (secondary N) is 1. The third kappa shape index (κ3) is 3.92. The highest BCUT2D eigenvalue weighted by Gasteiger charge is 2.16. The minimum atomic E-state index is -0.172. The van der Waals surface area contributed by atoms with E-state index in [1.54, 1.807) is 6.07 Å². The fourth-order valence-electron chi connectivity index (χ4n) is 3.60. The largest absolute Gasteiger partial charge is 0.460 e. The highest BCUT2D eigenvalue weighted by atomic mass is 16.3. The van der Waals surface area contributed by atoms with Gasteiger partial charge in [-0.3, -0.25) is 4.79 Å². The van der Waals surface area contributed by atoms with Gasteiger partial charge in [-0.15, -0.1) is 0 Å². The number of hydrogen-bond donors (Lipinski definition) is 1. The summed E-state index contributed by atoms with van der Waals surface area (Å²) < 4.78 is 5.73. The van der Waals surface area contributed by atoms with Crippen LogP contribution in [0.15, 0.2) is 71.1 Å². The van der Waals surface area contributed by atoms with E-state index in [2.05, 4.69) is 29.0 Å². The van der Waals surface area contributed by atoms with E-state index in [1.165, 1.54) is 0 Å². The maximum Gasteiger partial charge on any atom is 0.256 e. The zero-order valence-electron chi connectivity index (χ0n) is 17.5. The molecule has 5 nitrogen and oxygen atoms in total. The third-order valence-corrected chi connectivity index (χ3v) is 5.21. The van der Waals surface area contributed by atoms with Crippen molar-refractivity contribution in [1.82, 2.24) is 4.98 Å². The second kappa shape index (κ2) is 8.41. The first-order chi connectivity index (χ1) is 14.6. The van der Waals surface area contributed by atoms with Crippen molar-refractivity contribution in [1.29, 1.82) is 0 Å². The number of aromatic nitrogens is 1. The molecule has 4 aromatic rings. The van der Waals surface area contributed by atoms with Gasteiger partial charge in [-0.1, -0.05) is 18.2 Å². The molecule has 0 saturated heterocycles. The number of amides is 1. The van der Waals surface area contributed by atoms with Crippen LogP contribution in [0.1, 0.15) is 30.0 Å². The van der Waals surface area contributed by atoms with Crippen LogP contribution in [-0.4, -0.2) is 24.0 Å². The normalized spacial score (nSPS) is 10.9. The topological polar surface area (TPSA) is 58.4 Å². The van der Waals surface area contributed by atoms with Crippen LogP contribution < -0.4 is 10.2 Å². The van der Waals surface area contributed by atoms with Gasteiger partial charge in [0.1, 0.15) is 11.5 Å². The summed E-state index contributed by atoms with van der Waals surface area (Å²) >= 11 is 0. The average molecular weight is 399 g/mol. The van der Waals surface area contributed by atoms with E-state index in [0.29, 0.717) is 17.0 Å². The Morgan fingerprint density at radius 3 is 2.40 bits per heavy atom. The number of carbonyl (C=O) groups excluding carboxylic acids is 1. The molecule has 152 valence electrons. The summed E-state index contributed by atoms with van der Waals surface area (Å²) in [5.41, 5.74) is 3.86. The first-order valence-electron chi connectivity index (χ1n) is 10.2. The summed E-state index contributed by atoms with van der Waals surface area (Å²) in [6.45, 7) is 8.04. The fraction of sp³-hybridized carbons (Fsp3) is 0.200. The molecule has 4 rings (SSSR count). The molecule has 0 saturated carbocycles. The molecule has 0 fully saturated rings. The van der Waals surface area contributed by atoms with E-state index >= 15 is 0 Å². The van der Waals surface area contributed by atoms with Crippen LogP contribution in [0, 0.1) is 6.92 Å². The summed E-state index contributed by atoms with van der Waals surface area (Å²) in [7, 11) is 0. The monoisotopic (exact) mass is 399 g/mol. The Balaban J connectivity index is 1.67. The summed E-state index contributed by atoms with van der Waals surface area (Å²) in [5.74, 6) is 1.28. The molecule has 0 aliphatic heterocycles. The van der Waals surface area contributed by atoms with Gasteiger partial charge in [0, 0.05) is 29.9 Å². The van der Waals surface area contributed by atoms with Crippen LogP contribution in [0.4, 0.5) is 11.4 Å². The summed E-state index contributed by atoms with van der Waals surface area (Å²) in [4.78, 5) is 20.1. The second-order valence-electron chi connectivity index (χ2n) is 7.16. The van der Waals surface area contributed by atoms with Crippen LogP contribution >= 0.6 is 0 Å². The summed E-state index contributed by atoms with van der Waals surface area (Å²) in [5, 5.41) is 3.83. The zero-order chi connectivity index (χ0) is 21.1. The van der Waals surface area contributed by atoms with Crippen LogP contribution in [0.3, 0.4) is 0 Å². The molecule has 2 aromatic heterocycles. The van der Waals surface area contributed by atoms with Crippen molar-refractivity contribution in [2.75, 3.05) is 23.3 Å². The molecular weight excluding hydrogens is 374 g/mol. The number of benzene rings is 2. The van der Waals surface area contributed by atoms with Gasteiger partial charge in [-0.25, -0.2) is 4.98 Å². The van der Waals surface area contributed by atoms with Crippen LogP contribution in [0.5, 0.6) is 0 Å². The number of hydrogen-bond acceptors (Lipinski definition) is 4. The number of nitrogens with zero attached hydrogens (tertiary/aromatic N) is 2. The van der Waals surface area contributed by atoms with Gasteiger partial charge in [0.15, 0.2) is 5.76 Å². The Bertz CT molecular complexity index is 1170. The van der Waals surface area contributed by atoms with E-state index in [-0.39, 0.29) is 5.91 Å². The number of rotatable bonds is 6. The van der Waals surface area contributed by atoms with Crippen molar-refractivity contribution in [2.45, 2.75) is 20.8 Å². The Morgan fingerprint density at radius 2 is 1.73 bits per heavy atom. The first-order valence-corrected chi connectivity index (χ1v) is 10.2. The van der Waals surface area contributed by atoms with E-state index in [4.69, 9.17) is 4.42 Å². The fourth-order valence-corrected chi connectivity index (χ4v) is 3.60. The molecule has 1 amide bonds. The lowest BCUT2D eigenvalue weighted by atomic mass is 10.1. The lowest BCUT2D eigenvalue weighted by molar-refractivity contribution is 0.102. The Labute approximate surface area is 176 Å². The number of pyridine rings is 1. The van der Waals surface area contributed by atoms with Crippen LogP contribution in [0.25, 0.3) is 22.4 Å². The van der Waals surface area contributed by atoms with Gasteiger partial charge in [0.25, 0.3) is 5.91 Å². The van der Waals surface area contributed by atoms with Crippen molar-refractivity contribution in [2.24, 2.45) is 0 Å². The molecule has 0 bridgehead atoms. The van der Waals surface area contributed by atoms with Crippen molar-refractivity contribution in [3.8, 4) is 11.5 Å². The summed E-state index contributed by atoms with van der Waals surface area (Å²) in [6, 6.07) is 21.1. The Morgan fingerprint density at radius 1 is 1.00 bits per heavy atom. The Kier molecular flexibility index (Phi) is 5.53. The first kappa shape index (κ1) is 19.7. The molecule has 0 aliphatic carbocycles. The number of fused-ring (bicyclic) bond motifs is 1. The minimum absolute atomic E-state index is 0.172. The van der Waals surface area contributed by atoms with Crippen molar-refractivity contribution < 1.29 is 9.21 Å². The van der Waals surface area contributed by atoms with Crippen molar-refractivity contribution in [3.05, 3.63) is 78.1 Å². The SMILES string of the molecule is CCN(CC)c1ccc(NC(=O)c2cc(-c3ccc(C)o3)nc3ccccc23)cc1. The maximum atomic E-state index is 13.2. The highest BCUT2D eigenvalue weighted by molar-refractivity contribution is 6.13. The predicted octanol–water partition coefficient (Wildman–Crippen LogP) is 5.90. The molecule has 0 aliphatic rings. The van der Waals surface area contributed by atoms with Gasteiger partial charge >= 0.3 is 0 Å². The predicted molar refractivity (Wildman–Crippen MR) is 122 cm³/mol. The van der Waals surface area contributed by atoms with E-state index < -0.39 is 0 Å². The molecule has 1 N–H and O–H groups in total. The van der Waals surface area contributed by atoms with Gasteiger partial charge < -0.3 is 14.6 Å². The second-order valence-corrected chi connectivity index (χ2v) is 7.16. The van der Waals surface area contributed by atoms with Crippen LogP contribution in [-0.2, 0) is 0 Å². The van der Waals surface area contributed by atoms with E-state index in [9.17, 15) is 4.79 Å². The van der Waals surface area contributed by atoms with Gasteiger partial charge in [-0.05, 0) is 69.3 Å². The van der Waals surface area contributed by atoms with Crippen molar-refractivity contribution in [3.63, 3.8) is 0 Å². The molecule has 30 heavy (non-hydrogen) atoms. The lowest BCUT2D eigenvalue weighted by Crippen LogP contribution is -2.21. The average Bonchev–Trinajstić information content (AvgIpc) is 3.21. The van der Waals surface area contributed by atoms with Gasteiger partial charge in [0.2, 0.25) is 0 Å². The van der Waals surface area contributed by atoms with Gasteiger partial charge in [-0.2, -0.15) is 0 Å².